The molecular weight excluding hydrogens is 433 g/mol. The van der Waals surface area contributed by atoms with Crippen molar-refractivity contribution in [2.45, 2.75) is 39.8 Å². The molecule has 0 saturated carbocycles. The van der Waals surface area contributed by atoms with Crippen LogP contribution in [0.2, 0.25) is 0 Å². The van der Waals surface area contributed by atoms with Crippen LogP contribution in [-0.4, -0.2) is 38.9 Å². The largest absolute Gasteiger partial charge is 0.487 e. The minimum atomic E-state index is -4.18. The van der Waals surface area contributed by atoms with E-state index < -0.39 is 28.5 Å². The van der Waals surface area contributed by atoms with E-state index in [1.165, 1.54) is 0 Å². The number of hydrogen-bond donors (Lipinski definition) is 1. The van der Waals surface area contributed by atoms with E-state index in [4.69, 9.17) is 4.74 Å². The Morgan fingerprint density at radius 1 is 1.19 bits per heavy atom. The molecule has 32 heavy (non-hydrogen) atoms. The summed E-state index contributed by atoms with van der Waals surface area (Å²) in [5.74, 6) is -0.673. The van der Waals surface area contributed by atoms with Crippen molar-refractivity contribution < 1.29 is 22.3 Å². The van der Waals surface area contributed by atoms with Gasteiger partial charge >= 0.3 is 10.2 Å². The maximum Gasteiger partial charge on any atom is 0.326 e. The third-order valence-corrected chi connectivity index (χ3v) is 7.19. The zero-order valence-electron chi connectivity index (χ0n) is 18.3. The van der Waals surface area contributed by atoms with E-state index in [2.05, 4.69) is 18.7 Å². The van der Waals surface area contributed by atoms with Crippen LogP contribution in [0, 0.1) is 11.7 Å². The highest BCUT2D eigenvalue weighted by Gasteiger charge is 2.39. The first kappa shape index (κ1) is 22.5. The van der Waals surface area contributed by atoms with Gasteiger partial charge in [-0.25, -0.2) is 13.4 Å². The molecular formula is C23H28FN3O4S. The summed E-state index contributed by atoms with van der Waals surface area (Å²) >= 11 is 0. The summed E-state index contributed by atoms with van der Waals surface area (Å²) in [6.07, 6.45) is 1.65. The highest BCUT2D eigenvalue weighted by Crippen LogP contribution is 2.40. The number of halogens is 1. The Morgan fingerprint density at radius 3 is 2.59 bits per heavy atom. The number of carbonyl (C=O) groups is 1. The van der Waals surface area contributed by atoms with E-state index in [-0.39, 0.29) is 18.0 Å². The number of amides is 1. The SMILES string of the molecule is CC(C)CCN1CCc2cc(OCc3ccccc3)c(N3CC(=O)NS3(=O)=O)c(F)c2C1. The van der Waals surface area contributed by atoms with Crippen molar-refractivity contribution in [1.29, 1.82) is 0 Å². The quantitative estimate of drug-likeness (QED) is 0.686. The fourth-order valence-electron chi connectivity index (χ4n) is 4.04. The highest BCUT2D eigenvalue weighted by molar-refractivity contribution is 7.92. The lowest BCUT2D eigenvalue weighted by atomic mass is 9.96. The topological polar surface area (TPSA) is 79.0 Å². The van der Waals surface area contributed by atoms with Crippen LogP contribution in [0.25, 0.3) is 0 Å². The molecule has 0 bridgehead atoms. The van der Waals surface area contributed by atoms with Crippen molar-refractivity contribution in [3.05, 3.63) is 58.9 Å². The molecule has 0 aromatic heterocycles. The summed E-state index contributed by atoms with van der Waals surface area (Å²) in [7, 11) is -4.18. The molecule has 1 amide bonds. The summed E-state index contributed by atoms with van der Waals surface area (Å²) in [4.78, 5) is 14.0. The van der Waals surface area contributed by atoms with Crippen molar-refractivity contribution >= 4 is 21.8 Å². The Morgan fingerprint density at radius 2 is 1.94 bits per heavy atom. The number of nitrogens with zero attached hydrogens (tertiary/aromatic N) is 2. The smallest absolute Gasteiger partial charge is 0.326 e. The number of nitrogens with one attached hydrogen (secondary N) is 1. The molecule has 0 radical (unpaired) electrons. The fourth-order valence-corrected chi connectivity index (χ4v) is 5.20. The first-order valence-corrected chi connectivity index (χ1v) is 12.2. The van der Waals surface area contributed by atoms with Crippen molar-refractivity contribution in [3.63, 3.8) is 0 Å². The summed E-state index contributed by atoms with van der Waals surface area (Å²) in [6, 6.07) is 11.1. The van der Waals surface area contributed by atoms with Gasteiger partial charge in [0.2, 0.25) is 0 Å². The van der Waals surface area contributed by atoms with Crippen LogP contribution in [0.4, 0.5) is 10.1 Å². The number of ether oxygens (including phenoxy) is 1. The van der Waals surface area contributed by atoms with Gasteiger partial charge in [0.1, 0.15) is 24.6 Å². The standard InChI is InChI=1S/C23H28FN3O4S/c1-16(2)8-10-26-11-9-18-12-20(31-15-17-6-4-3-5-7-17)23(22(24)19(18)13-26)27-14-21(28)25-32(27,29)30/h3-7,12,16H,8-11,13-15H2,1-2H3,(H,25,28). The molecule has 2 aliphatic rings. The van der Waals surface area contributed by atoms with E-state index in [0.29, 0.717) is 24.4 Å². The van der Waals surface area contributed by atoms with Gasteiger partial charge in [-0.2, -0.15) is 8.42 Å². The molecule has 0 aliphatic carbocycles. The zero-order chi connectivity index (χ0) is 22.9. The second kappa shape index (κ2) is 9.07. The van der Waals surface area contributed by atoms with E-state index in [1.807, 2.05) is 35.1 Å². The minimum Gasteiger partial charge on any atom is -0.487 e. The number of fused-ring (bicyclic) bond motifs is 1. The predicted octanol–water partition coefficient (Wildman–Crippen LogP) is 2.99. The molecule has 2 heterocycles. The molecule has 2 aromatic rings. The Kier molecular flexibility index (Phi) is 6.39. The average Bonchev–Trinajstić information content (AvgIpc) is 3.03. The third kappa shape index (κ3) is 4.73. The van der Waals surface area contributed by atoms with Crippen LogP contribution in [0.1, 0.15) is 37.0 Å². The van der Waals surface area contributed by atoms with E-state index >= 15 is 4.39 Å². The lowest BCUT2D eigenvalue weighted by Crippen LogP contribution is -2.34. The van der Waals surface area contributed by atoms with Gasteiger partial charge < -0.3 is 4.74 Å². The number of benzene rings is 2. The Balaban J connectivity index is 1.71. The van der Waals surface area contributed by atoms with Gasteiger partial charge in [0.25, 0.3) is 5.91 Å². The van der Waals surface area contributed by atoms with Gasteiger partial charge in [-0.1, -0.05) is 44.2 Å². The average molecular weight is 462 g/mol. The van der Waals surface area contributed by atoms with Crippen LogP contribution >= 0.6 is 0 Å². The van der Waals surface area contributed by atoms with Crippen LogP contribution in [0.5, 0.6) is 5.75 Å². The third-order valence-electron chi connectivity index (χ3n) is 5.81. The van der Waals surface area contributed by atoms with E-state index in [0.717, 1.165) is 34.9 Å². The van der Waals surface area contributed by atoms with Crippen LogP contribution < -0.4 is 13.8 Å². The maximum absolute atomic E-state index is 15.9. The van der Waals surface area contributed by atoms with Gasteiger partial charge in [0.05, 0.1) is 0 Å². The highest BCUT2D eigenvalue weighted by atomic mass is 32.2. The molecule has 0 unspecified atom stereocenters. The second-order valence-corrected chi connectivity index (χ2v) is 10.3. The van der Waals surface area contributed by atoms with E-state index in [1.54, 1.807) is 6.07 Å². The normalized spacial score (nSPS) is 18.0. The van der Waals surface area contributed by atoms with Gasteiger partial charge in [-0.3, -0.25) is 9.69 Å². The monoisotopic (exact) mass is 461 g/mol. The Bertz CT molecular complexity index is 1110. The summed E-state index contributed by atoms with van der Waals surface area (Å²) in [5, 5.41) is 0. The van der Waals surface area contributed by atoms with Gasteiger partial charge in [-0.05, 0) is 42.5 Å². The molecule has 9 heteroatoms. The lowest BCUT2D eigenvalue weighted by Gasteiger charge is -2.31. The molecule has 1 N–H and O–H groups in total. The summed E-state index contributed by atoms with van der Waals surface area (Å²) < 4.78 is 49.5. The molecule has 2 aliphatic heterocycles. The van der Waals surface area contributed by atoms with Gasteiger partial charge in [0.15, 0.2) is 5.82 Å². The second-order valence-electron chi connectivity index (χ2n) is 8.69. The molecule has 172 valence electrons. The van der Waals surface area contributed by atoms with Crippen molar-refractivity contribution in [3.8, 4) is 5.75 Å². The van der Waals surface area contributed by atoms with Crippen molar-refractivity contribution in [1.82, 2.24) is 9.62 Å². The molecule has 1 saturated heterocycles. The molecule has 4 rings (SSSR count). The maximum atomic E-state index is 15.9. The lowest BCUT2D eigenvalue weighted by molar-refractivity contribution is -0.117. The molecule has 2 aromatic carbocycles. The fraction of sp³-hybridized carbons (Fsp3) is 0.435. The first-order chi connectivity index (χ1) is 15.2. The van der Waals surface area contributed by atoms with E-state index in [9.17, 15) is 13.2 Å². The minimum absolute atomic E-state index is 0.126. The van der Waals surface area contributed by atoms with Crippen LogP contribution in [0.3, 0.4) is 0 Å². The zero-order valence-corrected chi connectivity index (χ0v) is 19.1. The van der Waals surface area contributed by atoms with Crippen molar-refractivity contribution in [2.24, 2.45) is 5.92 Å². The number of hydrogen-bond acceptors (Lipinski definition) is 5. The molecule has 7 nitrogen and oxygen atoms in total. The van der Waals surface area contributed by atoms with Crippen molar-refractivity contribution in [2.75, 3.05) is 23.9 Å². The molecule has 0 atom stereocenters. The van der Waals surface area contributed by atoms with Gasteiger partial charge in [-0.15, -0.1) is 0 Å². The predicted molar refractivity (Wildman–Crippen MR) is 120 cm³/mol. The molecule has 1 fully saturated rings. The number of carbonyl (C=O) groups excluding carboxylic acids is 1. The van der Waals surface area contributed by atoms with Crippen LogP contribution in [0.15, 0.2) is 36.4 Å². The Hall–Kier alpha value is -2.65. The Labute approximate surface area is 188 Å². The number of anilines is 1. The van der Waals surface area contributed by atoms with Gasteiger partial charge in [0, 0.05) is 18.7 Å². The molecule has 0 spiro atoms. The summed E-state index contributed by atoms with van der Waals surface area (Å²) in [6.45, 7) is 6.02. The number of rotatable bonds is 7. The first-order valence-electron chi connectivity index (χ1n) is 10.8. The van der Waals surface area contributed by atoms with Crippen LogP contribution in [-0.2, 0) is 34.6 Å². The summed E-state index contributed by atoms with van der Waals surface area (Å²) in [5.41, 5.74) is 1.95.